The predicted octanol–water partition coefficient (Wildman–Crippen LogP) is 6.76. The van der Waals surface area contributed by atoms with Crippen molar-refractivity contribution in [3.05, 3.63) is 72.3 Å². The summed E-state index contributed by atoms with van der Waals surface area (Å²) in [4.78, 5) is 25.9. The van der Waals surface area contributed by atoms with Gasteiger partial charge in [0.2, 0.25) is 5.91 Å². The van der Waals surface area contributed by atoms with Crippen molar-refractivity contribution in [3.63, 3.8) is 0 Å². The minimum atomic E-state index is -1.10. The number of aromatic carboxylic acids is 1. The van der Waals surface area contributed by atoms with Crippen molar-refractivity contribution in [3.8, 4) is 11.5 Å². The second kappa shape index (κ2) is 18.6. The third-order valence-electron chi connectivity index (χ3n) is 5.57. The molecule has 0 bridgehead atoms. The maximum absolute atomic E-state index is 12.2. The number of carbonyl (C=O) groups excluding carboxylic acids is 1. The Morgan fingerprint density at radius 2 is 1.76 bits per heavy atom. The van der Waals surface area contributed by atoms with Crippen LogP contribution in [0.3, 0.4) is 0 Å². The van der Waals surface area contributed by atoms with Gasteiger partial charge >= 0.3 is 5.97 Å². The molecule has 7 nitrogen and oxygen atoms in total. The van der Waals surface area contributed by atoms with Crippen LogP contribution >= 0.6 is 0 Å². The Labute approximate surface area is 228 Å². The maximum Gasteiger partial charge on any atom is 0.337 e. The third-order valence-corrected chi connectivity index (χ3v) is 5.57. The first-order chi connectivity index (χ1) is 18.3. The molecule has 1 amide bonds. The molecular formula is C31H44N2O5. The molecule has 0 atom stereocenters. The largest absolute Gasteiger partial charge is 0.493 e. The van der Waals surface area contributed by atoms with E-state index < -0.39 is 11.9 Å². The van der Waals surface area contributed by atoms with E-state index >= 15 is 0 Å². The van der Waals surface area contributed by atoms with Gasteiger partial charge in [0.25, 0.3) is 0 Å². The Balaban J connectivity index is 0.00000110. The maximum atomic E-state index is 12.2. The molecule has 208 valence electrons. The number of hydrogen-bond donors (Lipinski definition) is 2. The first-order valence-electron chi connectivity index (χ1n) is 13.2. The number of rotatable bonds is 9. The number of hydrogen-bond acceptors (Lipinski definition) is 5. The highest BCUT2D eigenvalue weighted by molar-refractivity contribution is 6.06. The van der Waals surface area contributed by atoms with Crippen LogP contribution in [0.2, 0.25) is 0 Å². The van der Waals surface area contributed by atoms with Crippen LogP contribution in [0.4, 0.5) is 5.69 Å². The fourth-order valence-corrected chi connectivity index (χ4v) is 3.60. The highest BCUT2D eigenvalue weighted by Crippen LogP contribution is 2.29. The van der Waals surface area contributed by atoms with E-state index in [-0.39, 0.29) is 11.3 Å². The zero-order valence-corrected chi connectivity index (χ0v) is 23.5. The quantitative estimate of drug-likeness (QED) is 0.278. The molecule has 1 aliphatic heterocycles. The number of likely N-dealkylation sites (tertiary alicyclic amines) is 1. The Kier molecular flexibility index (Phi) is 15.9. The minimum absolute atomic E-state index is 0.0384. The number of ether oxygens (including phenoxy) is 2. The zero-order valence-electron chi connectivity index (χ0n) is 23.5. The standard InChI is InChI=1S/C25H30N2O5.C3H8.C3H6/c1-18-11-13-27(14-12-18)15-16-32-22-9-7-19(17-23(22)31-2)8-10-24(28)26-21-6-4-3-5-20(21)25(29)30;2*1-3-2/h3-10,17-18H,11-16H2,1-2H3,(H,26,28)(H,29,30);3H2,1-2H3;3H,1H2,2H3/b10-8+;;. The van der Waals surface area contributed by atoms with Crippen LogP contribution < -0.4 is 14.8 Å². The predicted molar refractivity (Wildman–Crippen MR) is 156 cm³/mol. The zero-order chi connectivity index (χ0) is 28.3. The van der Waals surface area contributed by atoms with Crippen molar-refractivity contribution >= 4 is 23.6 Å². The molecule has 0 aromatic heterocycles. The van der Waals surface area contributed by atoms with Crippen LogP contribution in [0.25, 0.3) is 6.08 Å². The summed E-state index contributed by atoms with van der Waals surface area (Å²) >= 11 is 0. The van der Waals surface area contributed by atoms with Gasteiger partial charge in [0, 0.05) is 12.6 Å². The van der Waals surface area contributed by atoms with E-state index in [0.29, 0.717) is 18.1 Å². The molecular weight excluding hydrogens is 480 g/mol. The summed E-state index contributed by atoms with van der Waals surface area (Å²) in [6.45, 7) is 15.5. The van der Waals surface area contributed by atoms with E-state index in [1.165, 1.54) is 31.4 Å². The van der Waals surface area contributed by atoms with Crippen LogP contribution in [0.1, 0.15) is 62.9 Å². The SMILES string of the molecule is C=CC.CCC.COc1cc(/C=C/C(=O)Nc2ccccc2C(=O)O)ccc1OCCN1CCC(C)CC1. The van der Waals surface area contributed by atoms with Crippen molar-refractivity contribution in [1.29, 1.82) is 0 Å². The summed E-state index contributed by atoms with van der Waals surface area (Å²) in [5.41, 5.74) is 1.05. The summed E-state index contributed by atoms with van der Waals surface area (Å²) < 4.78 is 11.4. The van der Waals surface area contributed by atoms with Crippen LogP contribution in [0.5, 0.6) is 11.5 Å². The Hall–Kier alpha value is -3.58. The van der Waals surface area contributed by atoms with Gasteiger partial charge in [-0.2, -0.15) is 0 Å². The fraction of sp³-hybridized carbons (Fsp3) is 0.419. The molecule has 0 spiro atoms. The van der Waals surface area contributed by atoms with E-state index in [1.54, 1.807) is 43.5 Å². The first kappa shape index (κ1) is 32.4. The number of carbonyl (C=O) groups is 2. The fourth-order valence-electron chi connectivity index (χ4n) is 3.60. The summed E-state index contributed by atoms with van der Waals surface area (Å²) in [6.07, 6.45) is 8.46. The Morgan fingerprint density at radius 3 is 2.37 bits per heavy atom. The van der Waals surface area contributed by atoms with Gasteiger partial charge in [0.15, 0.2) is 11.5 Å². The monoisotopic (exact) mass is 524 g/mol. The number of methoxy groups -OCH3 is 1. The van der Waals surface area contributed by atoms with E-state index in [9.17, 15) is 14.7 Å². The van der Waals surface area contributed by atoms with E-state index in [1.807, 2.05) is 19.1 Å². The average molecular weight is 525 g/mol. The number of para-hydroxylation sites is 1. The lowest BCUT2D eigenvalue weighted by Gasteiger charge is -2.30. The highest BCUT2D eigenvalue weighted by atomic mass is 16.5. The number of nitrogens with one attached hydrogen (secondary N) is 1. The van der Waals surface area contributed by atoms with E-state index in [2.05, 4.69) is 37.6 Å². The molecule has 0 radical (unpaired) electrons. The smallest absolute Gasteiger partial charge is 0.337 e. The van der Waals surface area contributed by atoms with Gasteiger partial charge in [-0.25, -0.2) is 4.79 Å². The molecule has 0 aliphatic carbocycles. The summed E-state index contributed by atoms with van der Waals surface area (Å²) in [6, 6.07) is 11.7. The molecule has 7 heteroatoms. The van der Waals surface area contributed by atoms with Gasteiger partial charge in [0.05, 0.1) is 18.4 Å². The number of piperidine rings is 1. The van der Waals surface area contributed by atoms with Crippen molar-refractivity contribution in [2.75, 3.05) is 38.7 Å². The van der Waals surface area contributed by atoms with Crippen LogP contribution in [-0.4, -0.2) is 55.2 Å². The van der Waals surface area contributed by atoms with E-state index in [4.69, 9.17) is 9.47 Å². The van der Waals surface area contributed by atoms with E-state index in [0.717, 1.165) is 31.1 Å². The molecule has 1 heterocycles. The summed E-state index contributed by atoms with van der Waals surface area (Å²) in [5, 5.41) is 11.8. The minimum Gasteiger partial charge on any atom is -0.493 e. The Morgan fingerprint density at radius 1 is 1.13 bits per heavy atom. The second-order valence-electron chi connectivity index (χ2n) is 9.07. The number of anilines is 1. The lowest BCUT2D eigenvalue weighted by Crippen LogP contribution is -2.35. The molecule has 3 rings (SSSR count). The van der Waals surface area contributed by atoms with Gasteiger partial charge < -0.3 is 19.9 Å². The lowest BCUT2D eigenvalue weighted by atomic mass is 9.99. The molecule has 1 fully saturated rings. The molecule has 38 heavy (non-hydrogen) atoms. The number of carboxylic acids is 1. The van der Waals surface area contributed by atoms with Crippen molar-refractivity contribution in [2.24, 2.45) is 5.92 Å². The second-order valence-corrected chi connectivity index (χ2v) is 9.07. The topological polar surface area (TPSA) is 88.1 Å². The number of allylic oxidation sites excluding steroid dienone is 1. The van der Waals surface area contributed by atoms with Gasteiger partial charge in [0.1, 0.15) is 6.61 Å². The van der Waals surface area contributed by atoms with Gasteiger partial charge in [-0.3, -0.25) is 9.69 Å². The average Bonchev–Trinajstić information content (AvgIpc) is 2.90. The normalized spacial score (nSPS) is 13.4. The summed E-state index contributed by atoms with van der Waals surface area (Å²) in [7, 11) is 1.58. The van der Waals surface area contributed by atoms with Gasteiger partial charge in [-0.15, -0.1) is 6.58 Å². The van der Waals surface area contributed by atoms with Gasteiger partial charge in [-0.1, -0.05) is 51.5 Å². The molecule has 2 aromatic carbocycles. The third kappa shape index (κ3) is 12.1. The van der Waals surface area contributed by atoms with Crippen molar-refractivity contribution < 1.29 is 24.2 Å². The van der Waals surface area contributed by atoms with Crippen LogP contribution in [0.15, 0.2) is 61.2 Å². The van der Waals surface area contributed by atoms with Crippen LogP contribution in [-0.2, 0) is 4.79 Å². The molecule has 1 saturated heterocycles. The first-order valence-corrected chi connectivity index (χ1v) is 13.2. The van der Waals surface area contributed by atoms with Crippen LogP contribution in [0, 0.1) is 5.92 Å². The molecule has 2 N–H and O–H groups in total. The lowest BCUT2D eigenvalue weighted by molar-refractivity contribution is -0.111. The van der Waals surface area contributed by atoms with Gasteiger partial charge in [-0.05, 0) is 74.7 Å². The number of benzene rings is 2. The van der Waals surface area contributed by atoms with Crippen molar-refractivity contribution in [1.82, 2.24) is 4.90 Å². The molecule has 0 unspecified atom stereocenters. The Bertz CT molecular complexity index is 1030. The molecule has 0 saturated carbocycles. The number of carboxylic acid groups (broad SMARTS) is 1. The summed E-state index contributed by atoms with van der Waals surface area (Å²) in [5.74, 6) is 0.543. The number of nitrogens with zero attached hydrogens (tertiary/aromatic N) is 1. The molecule has 1 aliphatic rings. The molecule has 2 aromatic rings. The van der Waals surface area contributed by atoms with Crippen molar-refractivity contribution in [2.45, 2.75) is 47.0 Å². The highest BCUT2D eigenvalue weighted by Gasteiger charge is 2.15. The number of amides is 1.